The molecule has 41 heavy (non-hydrogen) atoms. The summed E-state index contributed by atoms with van der Waals surface area (Å²) in [6.45, 7) is 9.33. The normalized spacial score (nSPS) is 16.3. The molecule has 1 aliphatic rings. The van der Waals surface area contributed by atoms with Gasteiger partial charge in [-0.05, 0) is 55.4 Å². The summed E-state index contributed by atoms with van der Waals surface area (Å²) in [4.78, 5) is 30.6. The number of aliphatic hydroxyl groups is 1. The molecule has 3 aromatic rings. The van der Waals surface area contributed by atoms with E-state index in [-0.39, 0.29) is 11.3 Å². The third kappa shape index (κ3) is 6.72. The number of hydrogen-bond donors (Lipinski definition) is 1. The van der Waals surface area contributed by atoms with E-state index in [0.717, 1.165) is 18.7 Å². The van der Waals surface area contributed by atoms with Gasteiger partial charge in [-0.25, -0.2) is 0 Å². The van der Waals surface area contributed by atoms with Crippen LogP contribution in [0.2, 0.25) is 0 Å². The fourth-order valence-electron chi connectivity index (χ4n) is 5.01. The van der Waals surface area contributed by atoms with Crippen LogP contribution in [0, 0.1) is 0 Å². The van der Waals surface area contributed by atoms with E-state index in [9.17, 15) is 14.7 Å². The molecule has 1 N–H and O–H groups in total. The molecule has 0 saturated carbocycles. The maximum Gasteiger partial charge on any atom is 0.295 e. The lowest BCUT2D eigenvalue weighted by molar-refractivity contribution is -0.140. The standard InChI is InChI=1S/C33H38N2O6/c1-5-34(6-2)18-19-35-30(24-16-17-27(28(21-24)39-4)41-22-23-12-9-8-10-13-23)29(32(37)33(35)38)31(36)25-14-11-15-26(20-25)40-7-3/h8-17,20-21,30,36H,5-7,18-19,22H2,1-4H3/b31-29+. The quantitative estimate of drug-likeness (QED) is 0.170. The topological polar surface area (TPSA) is 88.5 Å². The van der Waals surface area contributed by atoms with E-state index in [2.05, 4.69) is 18.7 Å². The predicted molar refractivity (Wildman–Crippen MR) is 158 cm³/mol. The van der Waals surface area contributed by atoms with Crippen LogP contribution < -0.4 is 14.2 Å². The van der Waals surface area contributed by atoms with Crippen molar-refractivity contribution in [3.05, 3.63) is 95.1 Å². The van der Waals surface area contributed by atoms with Crippen LogP contribution in [-0.2, 0) is 16.2 Å². The number of aliphatic hydroxyl groups excluding tert-OH is 1. The SMILES string of the molecule is CCOc1cccc(/C(O)=C2\C(=O)C(=O)N(CCN(CC)CC)C2c2ccc(OCc3ccccc3)c(OC)c2)c1. The van der Waals surface area contributed by atoms with Crippen LogP contribution in [-0.4, -0.2) is 66.5 Å². The number of likely N-dealkylation sites (tertiary alicyclic amines) is 1. The number of carbonyl (C=O) groups is 2. The summed E-state index contributed by atoms with van der Waals surface area (Å²) in [6, 6.07) is 21.2. The first-order chi connectivity index (χ1) is 19.9. The van der Waals surface area contributed by atoms with Crippen LogP contribution in [0.4, 0.5) is 0 Å². The molecule has 0 bridgehead atoms. The van der Waals surface area contributed by atoms with Crippen LogP contribution in [0.1, 0.15) is 43.5 Å². The average molecular weight is 559 g/mol. The van der Waals surface area contributed by atoms with Gasteiger partial charge in [-0.3, -0.25) is 9.59 Å². The van der Waals surface area contributed by atoms with Crippen molar-refractivity contribution >= 4 is 17.4 Å². The fraction of sp³-hybridized carbons (Fsp3) is 0.333. The van der Waals surface area contributed by atoms with Crippen LogP contribution in [0.5, 0.6) is 17.2 Å². The highest BCUT2D eigenvalue weighted by molar-refractivity contribution is 6.46. The number of hydrogen-bond acceptors (Lipinski definition) is 7. The Morgan fingerprint density at radius 3 is 2.34 bits per heavy atom. The molecule has 0 radical (unpaired) electrons. The summed E-state index contributed by atoms with van der Waals surface area (Å²) in [5.41, 5.74) is 2.08. The minimum Gasteiger partial charge on any atom is -0.507 e. The van der Waals surface area contributed by atoms with E-state index in [1.165, 1.54) is 4.90 Å². The molecule has 8 nitrogen and oxygen atoms in total. The van der Waals surface area contributed by atoms with Crippen molar-refractivity contribution in [1.29, 1.82) is 0 Å². The van der Waals surface area contributed by atoms with E-state index >= 15 is 0 Å². The van der Waals surface area contributed by atoms with Gasteiger partial charge in [-0.15, -0.1) is 0 Å². The Balaban J connectivity index is 1.76. The van der Waals surface area contributed by atoms with Gasteiger partial charge in [-0.2, -0.15) is 0 Å². The van der Waals surface area contributed by atoms with E-state index in [0.29, 0.717) is 54.7 Å². The summed E-state index contributed by atoms with van der Waals surface area (Å²) >= 11 is 0. The first-order valence-corrected chi connectivity index (χ1v) is 14.0. The lowest BCUT2D eigenvalue weighted by atomic mass is 9.95. The van der Waals surface area contributed by atoms with Crippen molar-refractivity contribution in [2.75, 3.05) is 39.9 Å². The molecular formula is C33H38N2O6. The first-order valence-electron chi connectivity index (χ1n) is 14.0. The van der Waals surface area contributed by atoms with Gasteiger partial charge in [0.15, 0.2) is 11.5 Å². The van der Waals surface area contributed by atoms with Gasteiger partial charge in [0, 0.05) is 18.7 Å². The lowest BCUT2D eigenvalue weighted by Gasteiger charge is -2.28. The van der Waals surface area contributed by atoms with Gasteiger partial charge in [0.05, 0.1) is 25.3 Å². The number of ether oxygens (including phenoxy) is 3. The second-order valence-electron chi connectivity index (χ2n) is 9.66. The Labute approximate surface area is 241 Å². The van der Waals surface area contributed by atoms with Crippen molar-refractivity contribution in [2.24, 2.45) is 0 Å². The van der Waals surface area contributed by atoms with Crippen LogP contribution >= 0.6 is 0 Å². The van der Waals surface area contributed by atoms with Crippen molar-refractivity contribution in [2.45, 2.75) is 33.4 Å². The van der Waals surface area contributed by atoms with E-state index in [1.54, 1.807) is 43.5 Å². The number of methoxy groups -OCH3 is 1. The number of likely N-dealkylation sites (N-methyl/N-ethyl adjacent to an activating group) is 1. The minimum absolute atomic E-state index is 0.0307. The number of rotatable bonds is 13. The van der Waals surface area contributed by atoms with E-state index in [4.69, 9.17) is 14.2 Å². The maximum atomic E-state index is 13.5. The first kappa shape index (κ1) is 29.7. The molecule has 0 aliphatic carbocycles. The van der Waals surface area contributed by atoms with Crippen molar-refractivity contribution in [1.82, 2.24) is 9.80 Å². The van der Waals surface area contributed by atoms with E-state index < -0.39 is 17.7 Å². The Kier molecular flexibility index (Phi) is 10.0. The third-order valence-corrected chi connectivity index (χ3v) is 7.25. The second-order valence-corrected chi connectivity index (χ2v) is 9.66. The van der Waals surface area contributed by atoms with Gasteiger partial charge in [0.2, 0.25) is 0 Å². The number of ketones is 1. The second kappa shape index (κ2) is 13.9. The van der Waals surface area contributed by atoms with Crippen LogP contribution in [0.3, 0.4) is 0 Å². The molecule has 1 saturated heterocycles. The molecule has 1 aliphatic heterocycles. The number of amides is 1. The number of Topliss-reactive ketones (excluding diaryl/α,β-unsaturated/α-hetero) is 1. The molecule has 1 atom stereocenters. The highest BCUT2D eigenvalue weighted by Crippen LogP contribution is 2.42. The zero-order valence-electron chi connectivity index (χ0n) is 24.1. The van der Waals surface area contributed by atoms with Crippen molar-refractivity contribution in [3.8, 4) is 17.2 Å². The molecule has 216 valence electrons. The van der Waals surface area contributed by atoms with Crippen molar-refractivity contribution < 1.29 is 28.9 Å². The van der Waals surface area contributed by atoms with E-state index in [1.807, 2.05) is 43.3 Å². The summed E-state index contributed by atoms with van der Waals surface area (Å²) in [6.07, 6.45) is 0. The highest BCUT2D eigenvalue weighted by Gasteiger charge is 2.46. The van der Waals surface area contributed by atoms with Gasteiger partial charge < -0.3 is 29.1 Å². The third-order valence-electron chi connectivity index (χ3n) is 7.25. The van der Waals surface area contributed by atoms with Crippen LogP contribution in [0.25, 0.3) is 5.76 Å². The zero-order chi connectivity index (χ0) is 29.4. The summed E-state index contributed by atoms with van der Waals surface area (Å²) in [5.74, 6) is -0.0601. The Hall–Kier alpha value is -4.30. The Morgan fingerprint density at radius 2 is 1.66 bits per heavy atom. The van der Waals surface area contributed by atoms with Gasteiger partial charge in [0.25, 0.3) is 11.7 Å². The predicted octanol–water partition coefficient (Wildman–Crippen LogP) is 5.44. The largest absolute Gasteiger partial charge is 0.507 e. The van der Waals surface area contributed by atoms with Gasteiger partial charge in [0.1, 0.15) is 18.1 Å². The molecule has 1 unspecified atom stereocenters. The molecule has 8 heteroatoms. The van der Waals surface area contributed by atoms with Gasteiger partial charge in [-0.1, -0.05) is 62.4 Å². The Bertz CT molecular complexity index is 1380. The average Bonchev–Trinajstić information content (AvgIpc) is 3.26. The summed E-state index contributed by atoms with van der Waals surface area (Å²) < 4.78 is 17.3. The van der Waals surface area contributed by atoms with Gasteiger partial charge >= 0.3 is 0 Å². The number of carbonyl (C=O) groups excluding carboxylic acids is 2. The van der Waals surface area contributed by atoms with Crippen molar-refractivity contribution in [3.63, 3.8) is 0 Å². The molecule has 4 rings (SSSR count). The lowest BCUT2D eigenvalue weighted by Crippen LogP contribution is -2.38. The zero-order valence-corrected chi connectivity index (χ0v) is 24.1. The molecule has 0 aromatic heterocycles. The smallest absolute Gasteiger partial charge is 0.295 e. The number of benzene rings is 3. The maximum absolute atomic E-state index is 13.5. The fourth-order valence-corrected chi connectivity index (χ4v) is 5.01. The minimum atomic E-state index is -0.807. The van der Waals surface area contributed by atoms with Crippen LogP contribution in [0.15, 0.2) is 78.4 Å². The molecule has 1 fully saturated rings. The highest BCUT2D eigenvalue weighted by atomic mass is 16.5. The number of nitrogens with zero attached hydrogens (tertiary/aromatic N) is 2. The summed E-state index contributed by atoms with van der Waals surface area (Å²) in [7, 11) is 1.55. The summed E-state index contributed by atoms with van der Waals surface area (Å²) in [5, 5.41) is 11.5. The molecule has 3 aromatic carbocycles. The Morgan fingerprint density at radius 1 is 0.902 bits per heavy atom. The molecular weight excluding hydrogens is 520 g/mol. The molecule has 1 amide bonds. The monoisotopic (exact) mass is 558 g/mol. The molecule has 1 heterocycles. The molecule has 0 spiro atoms.